The monoisotopic (exact) mass is 285 g/mol. The van der Waals surface area contributed by atoms with Crippen LogP contribution >= 0.6 is 11.3 Å². The summed E-state index contributed by atoms with van der Waals surface area (Å²) in [6.45, 7) is 5.67. The Hall–Kier alpha value is -1.40. The predicted molar refractivity (Wildman–Crippen MR) is 73.9 cm³/mol. The highest BCUT2D eigenvalue weighted by Gasteiger charge is 2.19. The molecule has 0 aliphatic heterocycles. The SMILES string of the molecule is COCCN(CC(C)C)C(=O)c1ccc(C(=O)O)s1. The molecule has 0 saturated carbocycles. The molecule has 0 aliphatic rings. The fourth-order valence-electron chi connectivity index (χ4n) is 1.64. The molecule has 0 aliphatic carbocycles. The van der Waals surface area contributed by atoms with Crippen molar-refractivity contribution in [3.8, 4) is 0 Å². The van der Waals surface area contributed by atoms with Crippen LogP contribution in [0.1, 0.15) is 33.2 Å². The van der Waals surface area contributed by atoms with Crippen molar-refractivity contribution in [1.29, 1.82) is 0 Å². The molecule has 0 fully saturated rings. The second-order valence-corrected chi connectivity index (χ2v) is 5.69. The molecule has 1 heterocycles. The predicted octanol–water partition coefficient (Wildman–Crippen LogP) is 2.19. The van der Waals surface area contributed by atoms with Gasteiger partial charge < -0.3 is 14.7 Å². The average Bonchev–Trinajstić information content (AvgIpc) is 2.82. The quantitative estimate of drug-likeness (QED) is 0.834. The molecule has 0 radical (unpaired) electrons. The first-order valence-electron chi connectivity index (χ1n) is 6.07. The summed E-state index contributed by atoms with van der Waals surface area (Å²) in [4.78, 5) is 25.5. The largest absolute Gasteiger partial charge is 0.477 e. The van der Waals surface area contributed by atoms with Gasteiger partial charge in [0.15, 0.2) is 0 Å². The molecule has 0 atom stereocenters. The summed E-state index contributed by atoms with van der Waals surface area (Å²) in [5.41, 5.74) is 0. The number of carbonyl (C=O) groups is 2. The summed E-state index contributed by atoms with van der Waals surface area (Å²) in [6.07, 6.45) is 0. The van der Waals surface area contributed by atoms with Crippen LogP contribution in [0.4, 0.5) is 0 Å². The average molecular weight is 285 g/mol. The maximum Gasteiger partial charge on any atom is 0.345 e. The van der Waals surface area contributed by atoms with E-state index >= 15 is 0 Å². The molecule has 1 aromatic rings. The maximum atomic E-state index is 12.3. The zero-order valence-corrected chi connectivity index (χ0v) is 12.2. The van der Waals surface area contributed by atoms with E-state index in [1.165, 1.54) is 6.07 Å². The number of thiophene rings is 1. The normalized spacial score (nSPS) is 10.7. The fraction of sp³-hybridized carbons (Fsp3) is 0.538. The van der Waals surface area contributed by atoms with Gasteiger partial charge in [-0.1, -0.05) is 13.8 Å². The van der Waals surface area contributed by atoms with Crippen LogP contribution in [0, 0.1) is 5.92 Å². The zero-order valence-electron chi connectivity index (χ0n) is 11.4. The van der Waals surface area contributed by atoms with Crippen molar-refractivity contribution in [2.75, 3.05) is 26.8 Å². The summed E-state index contributed by atoms with van der Waals surface area (Å²) in [5.74, 6) is -0.792. The summed E-state index contributed by atoms with van der Waals surface area (Å²) >= 11 is 1.01. The van der Waals surface area contributed by atoms with Gasteiger partial charge in [0.05, 0.1) is 11.5 Å². The van der Waals surface area contributed by atoms with Gasteiger partial charge >= 0.3 is 5.97 Å². The molecule has 1 aromatic heterocycles. The van der Waals surface area contributed by atoms with Crippen molar-refractivity contribution in [3.63, 3.8) is 0 Å². The van der Waals surface area contributed by atoms with Crippen molar-refractivity contribution in [1.82, 2.24) is 4.90 Å². The van der Waals surface area contributed by atoms with E-state index < -0.39 is 5.97 Å². The van der Waals surface area contributed by atoms with Crippen LogP contribution in [0.25, 0.3) is 0 Å². The molecule has 19 heavy (non-hydrogen) atoms. The number of carbonyl (C=O) groups excluding carboxylic acids is 1. The second kappa shape index (κ2) is 7.25. The molecule has 0 spiro atoms. The minimum Gasteiger partial charge on any atom is -0.477 e. The Balaban J connectivity index is 2.81. The number of carboxylic acids is 1. The number of methoxy groups -OCH3 is 1. The van der Waals surface area contributed by atoms with Gasteiger partial charge in [-0.15, -0.1) is 11.3 Å². The van der Waals surface area contributed by atoms with Crippen molar-refractivity contribution in [2.45, 2.75) is 13.8 Å². The van der Waals surface area contributed by atoms with Crippen LogP contribution < -0.4 is 0 Å². The number of amides is 1. The van der Waals surface area contributed by atoms with E-state index in [0.717, 1.165) is 11.3 Å². The highest BCUT2D eigenvalue weighted by molar-refractivity contribution is 7.15. The first-order valence-corrected chi connectivity index (χ1v) is 6.88. The minimum absolute atomic E-state index is 0.136. The molecule has 106 valence electrons. The van der Waals surface area contributed by atoms with E-state index in [0.29, 0.717) is 30.5 Å². The Morgan fingerprint density at radius 3 is 2.47 bits per heavy atom. The third-order valence-corrected chi connectivity index (χ3v) is 3.53. The molecule has 0 bridgehead atoms. The van der Waals surface area contributed by atoms with Crippen LogP contribution in [0.3, 0.4) is 0 Å². The summed E-state index contributed by atoms with van der Waals surface area (Å²) in [7, 11) is 1.59. The van der Waals surface area contributed by atoms with Crippen LogP contribution in [-0.2, 0) is 4.74 Å². The van der Waals surface area contributed by atoms with Crippen LogP contribution in [0.15, 0.2) is 12.1 Å². The van der Waals surface area contributed by atoms with E-state index in [2.05, 4.69) is 0 Å². The van der Waals surface area contributed by atoms with E-state index in [1.807, 2.05) is 13.8 Å². The van der Waals surface area contributed by atoms with Gasteiger partial charge in [0.25, 0.3) is 5.91 Å². The first-order chi connectivity index (χ1) is 8.95. The number of ether oxygens (including phenoxy) is 1. The number of carboxylic acid groups (broad SMARTS) is 1. The second-order valence-electron chi connectivity index (χ2n) is 4.61. The van der Waals surface area contributed by atoms with Gasteiger partial charge in [0, 0.05) is 20.2 Å². The molecule has 0 saturated heterocycles. The van der Waals surface area contributed by atoms with E-state index in [1.54, 1.807) is 18.1 Å². The smallest absolute Gasteiger partial charge is 0.345 e. The van der Waals surface area contributed by atoms with E-state index in [-0.39, 0.29) is 10.8 Å². The maximum absolute atomic E-state index is 12.3. The first kappa shape index (κ1) is 15.7. The van der Waals surface area contributed by atoms with Crippen molar-refractivity contribution < 1.29 is 19.4 Å². The van der Waals surface area contributed by atoms with Gasteiger partial charge in [-0.3, -0.25) is 4.79 Å². The molecule has 6 heteroatoms. The standard InChI is InChI=1S/C13H19NO4S/c1-9(2)8-14(6-7-18-3)12(15)10-4-5-11(19-10)13(16)17/h4-5,9H,6-8H2,1-3H3,(H,16,17). The zero-order chi connectivity index (χ0) is 14.4. The van der Waals surface area contributed by atoms with Gasteiger partial charge in [-0.25, -0.2) is 4.79 Å². The summed E-state index contributed by atoms with van der Waals surface area (Å²) in [6, 6.07) is 3.03. The summed E-state index contributed by atoms with van der Waals surface area (Å²) < 4.78 is 5.00. The van der Waals surface area contributed by atoms with Crippen molar-refractivity contribution >= 4 is 23.2 Å². The van der Waals surface area contributed by atoms with Gasteiger partial charge in [0.1, 0.15) is 4.88 Å². The topological polar surface area (TPSA) is 66.8 Å². The molecule has 0 aromatic carbocycles. The van der Waals surface area contributed by atoms with Crippen LogP contribution in [-0.4, -0.2) is 48.7 Å². The minimum atomic E-state index is -1.00. The molecular weight excluding hydrogens is 266 g/mol. The van der Waals surface area contributed by atoms with Crippen LogP contribution in [0.2, 0.25) is 0 Å². The van der Waals surface area contributed by atoms with Gasteiger partial charge in [0.2, 0.25) is 0 Å². The Morgan fingerprint density at radius 1 is 1.37 bits per heavy atom. The lowest BCUT2D eigenvalue weighted by Gasteiger charge is -2.23. The molecular formula is C13H19NO4S. The number of rotatable bonds is 7. The summed E-state index contributed by atoms with van der Waals surface area (Å²) in [5, 5.41) is 8.87. The molecule has 1 N–H and O–H groups in total. The molecule has 1 rings (SSSR count). The number of aromatic carboxylic acids is 1. The third-order valence-electron chi connectivity index (χ3n) is 2.47. The van der Waals surface area contributed by atoms with Gasteiger partial charge in [-0.05, 0) is 18.1 Å². The Morgan fingerprint density at radius 2 is 2.00 bits per heavy atom. The van der Waals surface area contributed by atoms with Crippen molar-refractivity contribution in [2.24, 2.45) is 5.92 Å². The number of hydrogen-bond acceptors (Lipinski definition) is 4. The lowest BCUT2D eigenvalue weighted by atomic mass is 10.2. The molecule has 0 unspecified atom stereocenters. The number of nitrogens with zero attached hydrogens (tertiary/aromatic N) is 1. The highest BCUT2D eigenvalue weighted by Crippen LogP contribution is 2.19. The lowest BCUT2D eigenvalue weighted by Crippen LogP contribution is -2.36. The molecule has 5 nitrogen and oxygen atoms in total. The number of hydrogen-bond donors (Lipinski definition) is 1. The van der Waals surface area contributed by atoms with E-state index in [4.69, 9.17) is 9.84 Å². The fourth-order valence-corrected chi connectivity index (χ4v) is 2.45. The molecule has 1 amide bonds. The van der Waals surface area contributed by atoms with Crippen LogP contribution in [0.5, 0.6) is 0 Å². The lowest BCUT2D eigenvalue weighted by molar-refractivity contribution is 0.0676. The Kier molecular flexibility index (Phi) is 5.98. The Bertz CT molecular complexity index is 442. The van der Waals surface area contributed by atoms with Gasteiger partial charge in [-0.2, -0.15) is 0 Å². The van der Waals surface area contributed by atoms with Crippen molar-refractivity contribution in [3.05, 3.63) is 21.9 Å². The Labute approximate surface area is 116 Å². The van der Waals surface area contributed by atoms with E-state index in [9.17, 15) is 9.59 Å². The highest BCUT2D eigenvalue weighted by atomic mass is 32.1. The third kappa shape index (κ3) is 4.65.